The number of carboxylic acids is 1. The van der Waals surface area contributed by atoms with Crippen LogP contribution in [0.25, 0.3) is 0 Å². The highest BCUT2D eigenvalue weighted by Crippen LogP contribution is 2.25. The molecule has 1 amide bonds. The van der Waals surface area contributed by atoms with Crippen LogP contribution in [0.1, 0.15) is 43.7 Å². The first kappa shape index (κ1) is 14.1. The molecule has 0 atom stereocenters. The van der Waals surface area contributed by atoms with Crippen LogP contribution < -0.4 is 5.32 Å². The van der Waals surface area contributed by atoms with E-state index in [-0.39, 0.29) is 17.7 Å². The predicted molar refractivity (Wildman–Crippen MR) is 61.8 cm³/mol. The third-order valence-corrected chi connectivity index (χ3v) is 2.65. The fourth-order valence-electron chi connectivity index (χ4n) is 1.42. The Morgan fingerprint density at radius 3 is 2.67 bits per heavy atom. The van der Waals surface area contributed by atoms with Crippen LogP contribution in [0.3, 0.4) is 0 Å². The summed E-state index contributed by atoms with van der Waals surface area (Å²) in [6.45, 7) is 4.38. The summed E-state index contributed by atoms with van der Waals surface area (Å²) in [6.07, 6.45) is 1.38. The van der Waals surface area contributed by atoms with E-state index in [9.17, 15) is 9.59 Å². The molecule has 0 aliphatic heterocycles. The van der Waals surface area contributed by atoms with Crippen molar-refractivity contribution in [1.82, 2.24) is 25.9 Å². The second-order valence-electron chi connectivity index (χ2n) is 4.80. The molecule has 0 bridgehead atoms. The molecule has 0 saturated carbocycles. The van der Waals surface area contributed by atoms with Gasteiger partial charge in [0, 0.05) is 13.0 Å². The van der Waals surface area contributed by atoms with Gasteiger partial charge in [-0.3, -0.25) is 9.59 Å². The Kier molecular flexibility index (Phi) is 4.75. The van der Waals surface area contributed by atoms with E-state index in [1.54, 1.807) is 0 Å². The van der Waals surface area contributed by atoms with Gasteiger partial charge in [-0.15, -0.1) is 10.2 Å². The summed E-state index contributed by atoms with van der Waals surface area (Å²) in [5.41, 5.74) is -0.136. The van der Waals surface area contributed by atoms with Gasteiger partial charge in [-0.1, -0.05) is 13.8 Å². The summed E-state index contributed by atoms with van der Waals surface area (Å²) in [4.78, 5) is 22.0. The van der Waals surface area contributed by atoms with Gasteiger partial charge < -0.3 is 10.4 Å². The molecule has 3 N–H and O–H groups in total. The number of carboxylic acid groups (broad SMARTS) is 1. The Morgan fingerprint density at radius 2 is 2.11 bits per heavy atom. The van der Waals surface area contributed by atoms with Crippen molar-refractivity contribution in [3.63, 3.8) is 0 Å². The number of carbonyl (C=O) groups excluding carboxylic acids is 1. The number of amides is 1. The number of aromatic amines is 1. The molecule has 0 aliphatic rings. The number of tetrazole rings is 1. The number of hydrogen-bond donors (Lipinski definition) is 3. The highest BCUT2D eigenvalue weighted by molar-refractivity contribution is 5.89. The van der Waals surface area contributed by atoms with Crippen molar-refractivity contribution < 1.29 is 14.7 Å². The Labute approximate surface area is 104 Å². The first-order valence-corrected chi connectivity index (χ1v) is 5.64. The van der Waals surface area contributed by atoms with Crippen molar-refractivity contribution in [3.05, 3.63) is 5.82 Å². The summed E-state index contributed by atoms with van der Waals surface area (Å²) in [5, 5.41) is 23.9. The zero-order valence-electron chi connectivity index (χ0n) is 10.4. The van der Waals surface area contributed by atoms with E-state index < -0.39 is 11.9 Å². The number of rotatable bonds is 7. The molecule has 8 nitrogen and oxygen atoms in total. The molecule has 0 aliphatic carbocycles. The molecule has 18 heavy (non-hydrogen) atoms. The van der Waals surface area contributed by atoms with Crippen molar-refractivity contribution in [2.45, 2.75) is 33.1 Å². The minimum absolute atomic E-state index is 0.00154. The number of H-pyrrole nitrogens is 1. The SMILES string of the molecule is CC(C)(CCNC(=O)c1nn[nH]n1)CCC(=O)O. The molecular weight excluding hydrogens is 238 g/mol. The molecule has 0 saturated heterocycles. The maximum atomic E-state index is 11.5. The van der Waals surface area contributed by atoms with Crippen LogP contribution in [0.2, 0.25) is 0 Å². The van der Waals surface area contributed by atoms with Crippen molar-refractivity contribution in [2.75, 3.05) is 6.54 Å². The van der Waals surface area contributed by atoms with Crippen molar-refractivity contribution in [2.24, 2.45) is 5.41 Å². The van der Waals surface area contributed by atoms with Gasteiger partial charge in [0.1, 0.15) is 0 Å². The van der Waals surface area contributed by atoms with Gasteiger partial charge in [-0.05, 0) is 23.5 Å². The van der Waals surface area contributed by atoms with Crippen LogP contribution in [0.15, 0.2) is 0 Å². The van der Waals surface area contributed by atoms with E-state index in [1.165, 1.54) is 0 Å². The molecular formula is C10H17N5O3. The Balaban J connectivity index is 2.28. The normalized spacial score (nSPS) is 11.2. The fraction of sp³-hybridized carbons (Fsp3) is 0.700. The molecule has 0 radical (unpaired) electrons. The largest absolute Gasteiger partial charge is 0.481 e. The molecule has 1 aromatic heterocycles. The number of aromatic nitrogens is 4. The maximum absolute atomic E-state index is 11.5. The topological polar surface area (TPSA) is 121 Å². The number of carbonyl (C=O) groups is 2. The first-order valence-electron chi connectivity index (χ1n) is 5.64. The Hall–Kier alpha value is -1.99. The standard InChI is InChI=1S/C10H17N5O3/c1-10(2,4-3-7(16)17)5-6-11-9(18)8-12-14-15-13-8/h3-6H2,1-2H3,(H,11,18)(H,16,17)(H,12,13,14,15). The van der Waals surface area contributed by atoms with E-state index in [1.807, 2.05) is 13.8 Å². The average Bonchev–Trinajstić information content (AvgIpc) is 2.79. The van der Waals surface area contributed by atoms with Crippen LogP contribution >= 0.6 is 0 Å². The van der Waals surface area contributed by atoms with Crippen LogP contribution in [-0.4, -0.2) is 44.2 Å². The minimum Gasteiger partial charge on any atom is -0.481 e. The molecule has 8 heteroatoms. The number of nitrogens with zero attached hydrogens (tertiary/aromatic N) is 3. The highest BCUT2D eigenvalue weighted by Gasteiger charge is 2.19. The first-order chi connectivity index (χ1) is 8.41. The molecule has 0 unspecified atom stereocenters. The zero-order valence-corrected chi connectivity index (χ0v) is 10.4. The van der Waals surface area contributed by atoms with Gasteiger partial charge in [0.25, 0.3) is 11.7 Å². The van der Waals surface area contributed by atoms with Crippen molar-refractivity contribution >= 4 is 11.9 Å². The number of aliphatic carboxylic acids is 1. The van der Waals surface area contributed by atoms with Gasteiger partial charge in [-0.25, -0.2) is 0 Å². The second kappa shape index (κ2) is 6.08. The number of hydrogen-bond acceptors (Lipinski definition) is 5. The summed E-state index contributed by atoms with van der Waals surface area (Å²) >= 11 is 0. The minimum atomic E-state index is -0.807. The molecule has 1 heterocycles. The predicted octanol–water partition coefficient (Wildman–Crippen LogP) is 0.211. The third-order valence-electron chi connectivity index (χ3n) is 2.65. The van der Waals surface area contributed by atoms with Crippen LogP contribution in [0, 0.1) is 5.41 Å². The van der Waals surface area contributed by atoms with E-state index in [2.05, 4.69) is 25.9 Å². The van der Waals surface area contributed by atoms with E-state index in [0.29, 0.717) is 19.4 Å². The number of nitrogens with one attached hydrogen (secondary N) is 2. The molecule has 1 aromatic rings. The molecule has 100 valence electrons. The van der Waals surface area contributed by atoms with Crippen LogP contribution in [0.5, 0.6) is 0 Å². The highest BCUT2D eigenvalue weighted by atomic mass is 16.4. The van der Waals surface area contributed by atoms with E-state index >= 15 is 0 Å². The molecule has 0 fully saturated rings. The lowest BCUT2D eigenvalue weighted by Gasteiger charge is -2.23. The lowest BCUT2D eigenvalue weighted by molar-refractivity contribution is -0.137. The summed E-state index contributed by atoms with van der Waals surface area (Å²) in [6, 6.07) is 0. The van der Waals surface area contributed by atoms with Crippen LogP contribution in [-0.2, 0) is 4.79 Å². The van der Waals surface area contributed by atoms with Gasteiger partial charge >= 0.3 is 5.97 Å². The van der Waals surface area contributed by atoms with E-state index in [4.69, 9.17) is 5.11 Å². The summed E-state index contributed by atoms with van der Waals surface area (Å²) in [7, 11) is 0. The fourth-order valence-corrected chi connectivity index (χ4v) is 1.42. The third kappa shape index (κ3) is 4.89. The lowest BCUT2D eigenvalue weighted by Crippen LogP contribution is -2.29. The van der Waals surface area contributed by atoms with E-state index in [0.717, 1.165) is 0 Å². The quantitative estimate of drug-likeness (QED) is 0.640. The van der Waals surface area contributed by atoms with Gasteiger partial charge in [0.05, 0.1) is 0 Å². The monoisotopic (exact) mass is 255 g/mol. The molecule has 0 spiro atoms. The van der Waals surface area contributed by atoms with Gasteiger partial charge in [0.2, 0.25) is 0 Å². The summed E-state index contributed by atoms with van der Waals surface area (Å²) in [5.74, 6) is -1.20. The second-order valence-corrected chi connectivity index (χ2v) is 4.80. The molecule has 0 aromatic carbocycles. The van der Waals surface area contributed by atoms with Gasteiger partial charge in [-0.2, -0.15) is 5.21 Å². The molecule has 1 rings (SSSR count). The van der Waals surface area contributed by atoms with Crippen molar-refractivity contribution in [3.8, 4) is 0 Å². The zero-order chi connectivity index (χ0) is 13.6. The Morgan fingerprint density at radius 1 is 1.39 bits per heavy atom. The summed E-state index contributed by atoms with van der Waals surface area (Å²) < 4.78 is 0. The maximum Gasteiger partial charge on any atom is 0.303 e. The van der Waals surface area contributed by atoms with Crippen molar-refractivity contribution in [1.29, 1.82) is 0 Å². The Bertz CT molecular complexity index is 402. The lowest BCUT2D eigenvalue weighted by atomic mass is 9.84. The average molecular weight is 255 g/mol. The van der Waals surface area contributed by atoms with Crippen LogP contribution in [0.4, 0.5) is 0 Å². The smallest absolute Gasteiger partial charge is 0.303 e. The van der Waals surface area contributed by atoms with Gasteiger partial charge in [0.15, 0.2) is 0 Å².